The lowest BCUT2D eigenvalue weighted by atomic mass is 9.56. The zero-order valence-corrected chi connectivity index (χ0v) is 11.1. The molecule has 2 fully saturated rings. The Morgan fingerprint density at radius 1 is 1.35 bits per heavy atom. The van der Waals surface area contributed by atoms with Crippen LogP contribution in [0.1, 0.15) is 52.9 Å². The van der Waals surface area contributed by atoms with Gasteiger partial charge in [0, 0.05) is 5.92 Å². The predicted octanol–water partition coefficient (Wildman–Crippen LogP) is 3.46. The van der Waals surface area contributed by atoms with E-state index in [-0.39, 0.29) is 22.9 Å². The molecular formula is C15H22O2. The fraction of sp³-hybridized carbons (Fsp3) is 0.800. The Morgan fingerprint density at radius 2 is 2.12 bits per heavy atom. The first-order valence-electron chi connectivity index (χ1n) is 6.86. The summed E-state index contributed by atoms with van der Waals surface area (Å²) in [4.78, 5) is 12.3. The minimum Gasteiger partial charge on any atom is -0.457 e. The number of hydrogen-bond donors (Lipinski definition) is 0. The van der Waals surface area contributed by atoms with Crippen LogP contribution in [0.3, 0.4) is 0 Å². The number of carbonyl (C=O) groups is 1. The summed E-state index contributed by atoms with van der Waals surface area (Å²) in [6.07, 6.45) is 7.97. The third-order valence-electron chi connectivity index (χ3n) is 5.84. The number of rotatable bonds is 0. The molecule has 1 saturated carbocycles. The van der Waals surface area contributed by atoms with Crippen molar-refractivity contribution < 1.29 is 9.53 Å². The molecule has 0 N–H and O–H groups in total. The first-order chi connectivity index (χ1) is 7.97. The van der Waals surface area contributed by atoms with Crippen molar-refractivity contribution in [1.82, 2.24) is 0 Å². The fourth-order valence-corrected chi connectivity index (χ4v) is 4.38. The van der Waals surface area contributed by atoms with Crippen LogP contribution in [0, 0.1) is 16.7 Å². The topological polar surface area (TPSA) is 26.3 Å². The smallest absolute Gasteiger partial charge is 0.312 e. The standard InChI is InChI=1S/C15H22O2/c1-10-5-6-11-12(9-10)17-13(16)15(3)8-4-7-14(11,15)2/h9,11-12H,4-8H2,1-3H3/t11-,12+,14-,15+/m1/s1. The first-order valence-corrected chi connectivity index (χ1v) is 6.86. The third kappa shape index (κ3) is 1.30. The summed E-state index contributed by atoms with van der Waals surface area (Å²) in [6.45, 7) is 6.60. The number of fused-ring (bicyclic) bond motifs is 3. The van der Waals surface area contributed by atoms with Gasteiger partial charge in [-0.25, -0.2) is 0 Å². The van der Waals surface area contributed by atoms with Crippen molar-refractivity contribution in [3.05, 3.63) is 11.6 Å². The molecule has 2 aliphatic carbocycles. The van der Waals surface area contributed by atoms with Crippen molar-refractivity contribution in [2.24, 2.45) is 16.7 Å². The molecule has 17 heavy (non-hydrogen) atoms. The van der Waals surface area contributed by atoms with E-state index in [2.05, 4.69) is 26.8 Å². The van der Waals surface area contributed by atoms with Gasteiger partial charge in [0.05, 0.1) is 5.41 Å². The molecule has 1 saturated heterocycles. The third-order valence-corrected chi connectivity index (χ3v) is 5.84. The van der Waals surface area contributed by atoms with E-state index in [1.54, 1.807) is 0 Å². The van der Waals surface area contributed by atoms with Gasteiger partial charge in [-0.3, -0.25) is 4.79 Å². The second-order valence-electron chi connectivity index (χ2n) is 6.63. The molecule has 3 rings (SSSR count). The fourth-order valence-electron chi connectivity index (χ4n) is 4.38. The SMILES string of the molecule is CC1=C[C@@H]2OC(=O)[C@]3(C)CCC[C@]3(C)[C@@H]2CC1. The van der Waals surface area contributed by atoms with Crippen molar-refractivity contribution >= 4 is 5.97 Å². The van der Waals surface area contributed by atoms with Crippen LogP contribution in [0.15, 0.2) is 11.6 Å². The molecule has 1 aliphatic heterocycles. The van der Waals surface area contributed by atoms with Gasteiger partial charge in [0.1, 0.15) is 6.10 Å². The molecule has 0 radical (unpaired) electrons. The summed E-state index contributed by atoms with van der Waals surface area (Å²) >= 11 is 0. The Morgan fingerprint density at radius 3 is 2.88 bits per heavy atom. The molecule has 4 atom stereocenters. The highest BCUT2D eigenvalue weighted by Gasteiger charge is 2.63. The average molecular weight is 234 g/mol. The lowest BCUT2D eigenvalue weighted by molar-refractivity contribution is -0.191. The largest absolute Gasteiger partial charge is 0.457 e. The number of allylic oxidation sites excluding steroid dienone is 1. The monoisotopic (exact) mass is 234 g/mol. The van der Waals surface area contributed by atoms with Crippen LogP contribution in [-0.4, -0.2) is 12.1 Å². The van der Waals surface area contributed by atoms with E-state index in [0.29, 0.717) is 5.92 Å². The average Bonchev–Trinajstić information content (AvgIpc) is 2.57. The molecule has 0 bridgehead atoms. The van der Waals surface area contributed by atoms with Crippen molar-refractivity contribution in [2.75, 3.05) is 0 Å². The summed E-state index contributed by atoms with van der Waals surface area (Å²) in [7, 11) is 0. The minimum atomic E-state index is -0.229. The Labute approximate surface area is 103 Å². The second kappa shape index (κ2) is 3.37. The van der Waals surface area contributed by atoms with E-state index < -0.39 is 0 Å². The van der Waals surface area contributed by atoms with Gasteiger partial charge in [-0.1, -0.05) is 18.9 Å². The highest BCUT2D eigenvalue weighted by Crippen LogP contribution is 2.62. The Balaban J connectivity index is 2.04. The Hall–Kier alpha value is -0.790. The molecule has 1 heterocycles. The zero-order valence-electron chi connectivity index (χ0n) is 11.1. The number of hydrogen-bond acceptors (Lipinski definition) is 2. The van der Waals surface area contributed by atoms with Gasteiger partial charge in [0.25, 0.3) is 0 Å². The molecule has 0 aromatic rings. The van der Waals surface area contributed by atoms with Gasteiger partial charge in [-0.05, 0) is 51.0 Å². The molecule has 2 nitrogen and oxygen atoms in total. The number of ether oxygens (including phenoxy) is 1. The maximum Gasteiger partial charge on any atom is 0.312 e. The molecular weight excluding hydrogens is 212 g/mol. The molecule has 3 aliphatic rings. The highest BCUT2D eigenvalue weighted by atomic mass is 16.5. The second-order valence-corrected chi connectivity index (χ2v) is 6.63. The van der Waals surface area contributed by atoms with Crippen LogP contribution in [0.5, 0.6) is 0 Å². The van der Waals surface area contributed by atoms with E-state index >= 15 is 0 Å². The molecule has 0 unspecified atom stereocenters. The van der Waals surface area contributed by atoms with E-state index in [0.717, 1.165) is 6.42 Å². The molecule has 0 aromatic heterocycles. The van der Waals surface area contributed by atoms with Crippen molar-refractivity contribution in [3.63, 3.8) is 0 Å². The van der Waals surface area contributed by atoms with E-state index in [1.165, 1.54) is 31.3 Å². The van der Waals surface area contributed by atoms with Gasteiger partial charge in [0.15, 0.2) is 0 Å². The molecule has 0 amide bonds. The summed E-state index contributed by atoms with van der Waals surface area (Å²) in [5, 5.41) is 0. The number of esters is 1. The van der Waals surface area contributed by atoms with Crippen molar-refractivity contribution in [2.45, 2.75) is 59.0 Å². The van der Waals surface area contributed by atoms with Gasteiger partial charge >= 0.3 is 5.97 Å². The van der Waals surface area contributed by atoms with Gasteiger partial charge in [-0.2, -0.15) is 0 Å². The van der Waals surface area contributed by atoms with Crippen LogP contribution in [0.2, 0.25) is 0 Å². The molecule has 2 heteroatoms. The van der Waals surface area contributed by atoms with Gasteiger partial charge in [-0.15, -0.1) is 0 Å². The summed E-state index contributed by atoms with van der Waals surface area (Å²) in [5.41, 5.74) is 1.31. The summed E-state index contributed by atoms with van der Waals surface area (Å²) < 4.78 is 5.73. The Bertz CT molecular complexity index is 398. The quantitative estimate of drug-likeness (QED) is 0.474. The van der Waals surface area contributed by atoms with E-state index in [9.17, 15) is 4.79 Å². The van der Waals surface area contributed by atoms with Gasteiger partial charge < -0.3 is 4.74 Å². The molecule has 0 spiro atoms. The van der Waals surface area contributed by atoms with Crippen molar-refractivity contribution in [3.8, 4) is 0 Å². The van der Waals surface area contributed by atoms with Crippen LogP contribution in [-0.2, 0) is 9.53 Å². The molecule has 0 aromatic carbocycles. The van der Waals surface area contributed by atoms with Crippen LogP contribution >= 0.6 is 0 Å². The van der Waals surface area contributed by atoms with Crippen LogP contribution < -0.4 is 0 Å². The van der Waals surface area contributed by atoms with Crippen LogP contribution in [0.4, 0.5) is 0 Å². The molecule has 94 valence electrons. The van der Waals surface area contributed by atoms with Crippen LogP contribution in [0.25, 0.3) is 0 Å². The first kappa shape index (κ1) is 11.3. The number of carbonyl (C=O) groups excluding carboxylic acids is 1. The minimum absolute atomic E-state index is 0.0460. The maximum absolute atomic E-state index is 12.3. The van der Waals surface area contributed by atoms with Gasteiger partial charge in [0.2, 0.25) is 0 Å². The zero-order chi connectivity index (χ0) is 12.3. The Kier molecular flexibility index (Phi) is 2.24. The summed E-state index contributed by atoms with van der Waals surface area (Å²) in [6, 6.07) is 0. The van der Waals surface area contributed by atoms with Crippen molar-refractivity contribution in [1.29, 1.82) is 0 Å². The normalized spacial score (nSPS) is 49.1. The lowest BCUT2D eigenvalue weighted by Crippen LogP contribution is -2.55. The lowest BCUT2D eigenvalue weighted by Gasteiger charge is -2.52. The maximum atomic E-state index is 12.3. The summed E-state index contributed by atoms with van der Waals surface area (Å²) in [5.74, 6) is 0.584. The van der Waals surface area contributed by atoms with E-state index in [1.807, 2.05) is 0 Å². The highest BCUT2D eigenvalue weighted by molar-refractivity contribution is 5.79. The van der Waals surface area contributed by atoms with E-state index in [4.69, 9.17) is 4.74 Å². The predicted molar refractivity (Wildman–Crippen MR) is 66.4 cm³/mol.